The number of nitrogens with one attached hydrogen (secondary N) is 1. The number of aromatic nitrogens is 2. The third kappa shape index (κ3) is 4.36. The zero-order valence-electron chi connectivity index (χ0n) is 17.6. The van der Waals surface area contributed by atoms with Crippen LogP contribution in [0.4, 0.5) is 11.6 Å². The van der Waals surface area contributed by atoms with Crippen LogP contribution in [0.2, 0.25) is 0 Å². The summed E-state index contributed by atoms with van der Waals surface area (Å²) in [5.74, 6) is 2.46. The largest absolute Gasteiger partial charge is 0.497 e. The van der Waals surface area contributed by atoms with Gasteiger partial charge in [0.1, 0.15) is 5.75 Å². The summed E-state index contributed by atoms with van der Waals surface area (Å²) in [6.07, 6.45) is 6.69. The first kappa shape index (κ1) is 19.7. The summed E-state index contributed by atoms with van der Waals surface area (Å²) >= 11 is 0. The Hall–Kier alpha value is -2.63. The quantitative estimate of drug-likeness (QED) is 0.855. The van der Waals surface area contributed by atoms with Gasteiger partial charge >= 0.3 is 0 Å². The van der Waals surface area contributed by atoms with Crippen LogP contribution in [0.5, 0.6) is 5.75 Å². The number of fused-ring (bicyclic) bond motifs is 1. The molecule has 0 saturated carbocycles. The first-order valence-corrected chi connectivity index (χ1v) is 10.6. The molecule has 1 saturated heterocycles. The number of rotatable bonds is 4. The number of amides is 1. The minimum absolute atomic E-state index is 0.0470. The van der Waals surface area contributed by atoms with E-state index in [9.17, 15) is 4.79 Å². The van der Waals surface area contributed by atoms with E-state index in [0.29, 0.717) is 6.42 Å². The summed E-state index contributed by atoms with van der Waals surface area (Å²) in [6, 6.07) is 5.70. The molecule has 0 radical (unpaired) electrons. The Morgan fingerprint density at radius 1 is 1.24 bits per heavy atom. The molecule has 154 valence electrons. The smallest absolute Gasteiger partial charge is 0.227 e. The molecule has 2 aromatic rings. The third-order valence-corrected chi connectivity index (χ3v) is 6.27. The highest BCUT2D eigenvalue weighted by molar-refractivity contribution is 5.93. The summed E-state index contributed by atoms with van der Waals surface area (Å²) in [5, 5.41) is 3.09. The highest BCUT2D eigenvalue weighted by Gasteiger charge is 2.27. The number of benzene rings is 1. The fourth-order valence-electron chi connectivity index (χ4n) is 4.22. The van der Waals surface area contributed by atoms with Gasteiger partial charge in [-0.15, -0.1) is 0 Å². The molecular formula is C23H30N4O2. The first-order valence-electron chi connectivity index (χ1n) is 10.6. The van der Waals surface area contributed by atoms with Crippen LogP contribution < -0.4 is 15.0 Å². The Kier molecular flexibility index (Phi) is 5.69. The molecule has 4 rings (SSSR count). The number of carbonyl (C=O) groups excluding carboxylic acids is 1. The van der Waals surface area contributed by atoms with Crippen molar-refractivity contribution in [3.05, 3.63) is 41.2 Å². The fourth-order valence-corrected chi connectivity index (χ4v) is 4.22. The van der Waals surface area contributed by atoms with Crippen molar-refractivity contribution in [2.45, 2.75) is 46.0 Å². The maximum Gasteiger partial charge on any atom is 0.227 e. The van der Waals surface area contributed by atoms with E-state index in [0.717, 1.165) is 66.1 Å². The van der Waals surface area contributed by atoms with Gasteiger partial charge in [-0.25, -0.2) is 9.97 Å². The lowest BCUT2D eigenvalue weighted by Gasteiger charge is -2.31. The maximum absolute atomic E-state index is 12.8. The summed E-state index contributed by atoms with van der Waals surface area (Å²) < 4.78 is 5.24. The van der Waals surface area contributed by atoms with E-state index in [4.69, 9.17) is 9.72 Å². The van der Waals surface area contributed by atoms with Gasteiger partial charge in [-0.2, -0.15) is 0 Å². The zero-order chi connectivity index (χ0) is 20.4. The van der Waals surface area contributed by atoms with Gasteiger partial charge < -0.3 is 15.0 Å². The van der Waals surface area contributed by atoms with Crippen LogP contribution in [0.25, 0.3) is 0 Å². The molecule has 1 N–H and O–H groups in total. The van der Waals surface area contributed by atoms with Gasteiger partial charge in [0.05, 0.1) is 7.11 Å². The van der Waals surface area contributed by atoms with Gasteiger partial charge in [0, 0.05) is 36.6 Å². The van der Waals surface area contributed by atoms with Gasteiger partial charge in [0.25, 0.3) is 0 Å². The molecule has 6 heteroatoms. The van der Waals surface area contributed by atoms with Gasteiger partial charge in [-0.3, -0.25) is 4.79 Å². The Morgan fingerprint density at radius 3 is 2.76 bits per heavy atom. The summed E-state index contributed by atoms with van der Waals surface area (Å²) in [7, 11) is 1.64. The van der Waals surface area contributed by atoms with Crippen molar-refractivity contribution in [2.24, 2.45) is 11.8 Å². The van der Waals surface area contributed by atoms with E-state index in [1.807, 2.05) is 31.3 Å². The van der Waals surface area contributed by atoms with E-state index in [2.05, 4.69) is 22.1 Å². The molecule has 1 fully saturated rings. The second kappa shape index (κ2) is 8.39. The predicted octanol–water partition coefficient (Wildman–Crippen LogP) is 3.77. The highest BCUT2D eigenvalue weighted by Crippen LogP contribution is 2.28. The monoisotopic (exact) mass is 394 g/mol. The van der Waals surface area contributed by atoms with E-state index in [1.165, 1.54) is 12.8 Å². The normalized spacial score (nSPS) is 19.6. The number of anilines is 2. The van der Waals surface area contributed by atoms with Crippen molar-refractivity contribution >= 4 is 17.5 Å². The zero-order valence-corrected chi connectivity index (χ0v) is 17.6. The molecule has 1 amide bonds. The number of hydrogen-bond acceptors (Lipinski definition) is 5. The second-order valence-electron chi connectivity index (χ2n) is 8.42. The van der Waals surface area contributed by atoms with Crippen molar-refractivity contribution in [3.8, 4) is 5.75 Å². The lowest BCUT2D eigenvalue weighted by molar-refractivity contribution is -0.120. The van der Waals surface area contributed by atoms with Crippen LogP contribution in [0, 0.1) is 18.8 Å². The lowest BCUT2D eigenvalue weighted by atomic mass is 9.86. The van der Waals surface area contributed by atoms with Crippen LogP contribution in [0.3, 0.4) is 0 Å². The lowest BCUT2D eigenvalue weighted by Crippen LogP contribution is -2.35. The first-order chi connectivity index (χ1) is 14.0. The average Bonchev–Trinajstić information content (AvgIpc) is 2.75. The molecule has 1 aliphatic heterocycles. The summed E-state index contributed by atoms with van der Waals surface area (Å²) in [6.45, 7) is 6.35. The fraction of sp³-hybridized carbons (Fsp3) is 0.522. The number of carbonyl (C=O) groups is 1. The topological polar surface area (TPSA) is 67.3 Å². The van der Waals surface area contributed by atoms with Crippen LogP contribution in [0.15, 0.2) is 24.4 Å². The summed E-state index contributed by atoms with van der Waals surface area (Å²) in [4.78, 5) is 24.6. The minimum Gasteiger partial charge on any atom is -0.497 e. The van der Waals surface area contributed by atoms with Crippen LogP contribution in [-0.4, -0.2) is 36.1 Å². The van der Waals surface area contributed by atoms with Gasteiger partial charge in [0.15, 0.2) is 0 Å². The molecule has 2 heterocycles. The second-order valence-corrected chi connectivity index (χ2v) is 8.42. The van der Waals surface area contributed by atoms with Crippen LogP contribution >= 0.6 is 0 Å². The molecule has 1 aliphatic carbocycles. The standard InChI is InChI=1S/C23H30N4O2/c1-15-8-10-27(11-9-15)23-24-14-18-13-17(4-6-21(18)26-23)22(28)25-20-7-5-19(29-3)12-16(20)2/h5,7,12,14-15,17H,4,6,8-11,13H2,1-3H3,(H,25,28). The maximum atomic E-state index is 12.8. The highest BCUT2D eigenvalue weighted by atomic mass is 16.5. The number of hydrogen-bond donors (Lipinski definition) is 1. The predicted molar refractivity (Wildman–Crippen MR) is 115 cm³/mol. The molecule has 1 aromatic carbocycles. The van der Waals surface area contributed by atoms with Crippen LogP contribution in [-0.2, 0) is 17.6 Å². The SMILES string of the molecule is COc1ccc(NC(=O)C2CCc3nc(N4CCC(C)CC4)ncc3C2)c(C)c1. The third-order valence-electron chi connectivity index (χ3n) is 6.27. The van der Waals surface area contributed by atoms with Crippen molar-refractivity contribution in [2.75, 3.05) is 30.4 Å². The molecular weight excluding hydrogens is 364 g/mol. The van der Waals surface area contributed by atoms with E-state index in [-0.39, 0.29) is 11.8 Å². The molecule has 1 unspecified atom stereocenters. The molecule has 0 spiro atoms. The molecule has 1 atom stereocenters. The Balaban J connectivity index is 1.41. The number of piperidine rings is 1. The Morgan fingerprint density at radius 2 is 2.03 bits per heavy atom. The van der Waals surface area contributed by atoms with Gasteiger partial charge in [-0.05, 0) is 74.3 Å². The van der Waals surface area contributed by atoms with E-state index >= 15 is 0 Å². The van der Waals surface area contributed by atoms with Crippen LogP contribution in [0.1, 0.15) is 43.0 Å². The van der Waals surface area contributed by atoms with Gasteiger partial charge in [-0.1, -0.05) is 6.92 Å². The molecule has 29 heavy (non-hydrogen) atoms. The molecule has 2 aliphatic rings. The van der Waals surface area contributed by atoms with E-state index in [1.54, 1.807) is 7.11 Å². The van der Waals surface area contributed by atoms with Crippen molar-refractivity contribution in [1.29, 1.82) is 0 Å². The number of nitrogens with zero attached hydrogens (tertiary/aromatic N) is 3. The number of aryl methyl sites for hydroxylation is 2. The molecule has 0 bridgehead atoms. The van der Waals surface area contributed by atoms with Crippen molar-refractivity contribution in [1.82, 2.24) is 9.97 Å². The number of ether oxygens (including phenoxy) is 1. The Labute approximate surface area is 172 Å². The number of methoxy groups -OCH3 is 1. The van der Waals surface area contributed by atoms with Crippen molar-refractivity contribution < 1.29 is 9.53 Å². The molecule has 1 aromatic heterocycles. The van der Waals surface area contributed by atoms with Crippen molar-refractivity contribution in [3.63, 3.8) is 0 Å². The summed E-state index contributed by atoms with van der Waals surface area (Å²) in [5.41, 5.74) is 4.06. The van der Waals surface area contributed by atoms with E-state index < -0.39 is 0 Å². The minimum atomic E-state index is -0.0470. The van der Waals surface area contributed by atoms with Gasteiger partial charge in [0.2, 0.25) is 11.9 Å². The Bertz CT molecular complexity index is 890. The molecule has 6 nitrogen and oxygen atoms in total. The average molecular weight is 395 g/mol.